The number of para-hydroxylation sites is 1. The van der Waals surface area contributed by atoms with Gasteiger partial charge in [0.05, 0.1) is 17.4 Å². The van der Waals surface area contributed by atoms with Crippen LogP contribution in [0.1, 0.15) is 10.4 Å². The van der Waals surface area contributed by atoms with E-state index in [1.807, 2.05) is 89.8 Å². The molecule has 178 valence electrons. The summed E-state index contributed by atoms with van der Waals surface area (Å²) < 4.78 is 7.76. The van der Waals surface area contributed by atoms with E-state index >= 15 is 0 Å². The van der Waals surface area contributed by atoms with Crippen molar-refractivity contribution in [2.75, 3.05) is 31.1 Å². The fraction of sp³-hybridized carbons (Fsp3) is 0.148. The van der Waals surface area contributed by atoms with Crippen LogP contribution in [0.25, 0.3) is 28.5 Å². The zero-order valence-electron chi connectivity index (χ0n) is 19.4. The van der Waals surface area contributed by atoms with Crippen LogP contribution in [0.15, 0.2) is 95.5 Å². The molecule has 9 nitrogen and oxygen atoms in total. The van der Waals surface area contributed by atoms with E-state index in [0.29, 0.717) is 54.9 Å². The molecule has 9 heteroatoms. The molecule has 0 bridgehead atoms. The smallest absolute Gasteiger partial charge is 0.254 e. The van der Waals surface area contributed by atoms with Crippen LogP contribution in [-0.4, -0.2) is 62.2 Å². The lowest BCUT2D eigenvalue weighted by Crippen LogP contribution is -2.49. The van der Waals surface area contributed by atoms with E-state index in [2.05, 4.69) is 25.4 Å². The Balaban J connectivity index is 1.19. The second kappa shape index (κ2) is 9.46. The summed E-state index contributed by atoms with van der Waals surface area (Å²) in [7, 11) is 0. The van der Waals surface area contributed by atoms with E-state index in [4.69, 9.17) is 4.42 Å². The average molecular weight is 478 g/mol. The van der Waals surface area contributed by atoms with Gasteiger partial charge >= 0.3 is 0 Å². The maximum Gasteiger partial charge on any atom is 0.254 e. The van der Waals surface area contributed by atoms with Crippen molar-refractivity contribution in [1.82, 2.24) is 30.1 Å². The maximum absolute atomic E-state index is 13.5. The molecule has 0 atom stereocenters. The first-order chi connectivity index (χ1) is 17.8. The minimum absolute atomic E-state index is 0.0487. The summed E-state index contributed by atoms with van der Waals surface area (Å²) in [6.07, 6.45) is 1.70. The molecule has 0 N–H and O–H groups in total. The SMILES string of the molecule is O=C(c1ccccc1-c1ncc(-c2ccccc2)o1)N1CCN(c2nnnn2-c2ccccc2)CC1. The number of hydrogen-bond acceptors (Lipinski definition) is 7. The number of rotatable bonds is 5. The number of oxazole rings is 1. The van der Waals surface area contributed by atoms with Crippen molar-refractivity contribution >= 4 is 11.9 Å². The lowest BCUT2D eigenvalue weighted by molar-refractivity contribution is 0.0746. The molecule has 0 radical (unpaired) electrons. The molecule has 3 heterocycles. The minimum Gasteiger partial charge on any atom is -0.436 e. The molecule has 1 amide bonds. The number of tetrazole rings is 1. The number of anilines is 1. The van der Waals surface area contributed by atoms with Crippen molar-refractivity contribution in [3.05, 3.63) is 96.7 Å². The number of carbonyl (C=O) groups excluding carboxylic acids is 1. The van der Waals surface area contributed by atoms with Crippen LogP contribution in [0.5, 0.6) is 0 Å². The summed E-state index contributed by atoms with van der Waals surface area (Å²) in [4.78, 5) is 22.0. The molecule has 3 aromatic carbocycles. The van der Waals surface area contributed by atoms with Gasteiger partial charge in [-0.2, -0.15) is 4.68 Å². The van der Waals surface area contributed by atoms with E-state index in [1.54, 1.807) is 10.9 Å². The van der Waals surface area contributed by atoms with Crippen molar-refractivity contribution < 1.29 is 9.21 Å². The van der Waals surface area contributed by atoms with Gasteiger partial charge in [-0.15, -0.1) is 0 Å². The van der Waals surface area contributed by atoms with Gasteiger partial charge in [-0.3, -0.25) is 4.79 Å². The van der Waals surface area contributed by atoms with Crippen LogP contribution in [-0.2, 0) is 0 Å². The number of aromatic nitrogens is 5. The molecule has 6 rings (SSSR count). The number of nitrogens with zero attached hydrogens (tertiary/aromatic N) is 7. The van der Waals surface area contributed by atoms with Gasteiger partial charge in [-0.25, -0.2) is 4.98 Å². The summed E-state index contributed by atoms with van der Waals surface area (Å²) in [5.41, 5.74) is 3.08. The number of hydrogen-bond donors (Lipinski definition) is 0. The van der Waals surface area contributed by atoms with Crippen LogP contribution in [0, 0.1) is 0 Å². The zero-order valence-corrected chi connectivity index (χ0v) is 19.4. The van der Waals surface area contributed by atoms with Gasteiger partial charge in [0.2, 0.25) is 11.8 Å². The second-order valence-electron chi connectivity index (χ2n) is 8.45. The monoisotopic (exact) mass is 477 g/mol. The summed E-state index contributed by atoms with van der Waals surface area (Å²) in [5.74, 6) is 1.71. The molecule has 0 unspecified atom stereocenters. The highest BCUT2D eigenvalue weighted by molar-refractivity contribution is 6.00. The number of benzene rings is 3. The van der Waals surface area contributed by atoms with Crippen molar-refractivity contribution in [2.24, 2.45) is 0 Å². The molecule has 0 aliphatic carbocycles. The fourth-order valence-electron chi connectivity index (χ4n) is 4.39. The van der Waals surface area contributed by atoms with E-state index in [1.165, 1.54) is 0 Å². The van der Waals surface area contributed by atoms with Crippen molar-refractivity contribution in [3.8, 4) is 28.5 Å². The summed E-state index contributed by atoms with van der Waals surface area (Å²) in [6, 6.07) is 27.0. The molecule has 1 fully saturated rings. The third kappa shape index (κ3) is 4.11. The molecule has 0 spiro atoms. The molecular formula is C27H23N7O2. The summed E-state index contributed by atoms with van der Waals surface area (Å²) in [6.45, 7) is 2.35. The maximum atomic E-state index is 13.5. The Hall–Kier alpha value is -4.79. The Bertz CT molecular complexity index is 1470. The van der Waals surface area contributed by atoms with Gasteiger partial charge in [0.25, 0.3) is 5.91 Å². The first-order valence-electron chi connectivity index (χ1n) is 11.8. The Labute approximate surface area is 207 Å². The van der Waals surface area contributed by atoms with E-state index < -0.39 is 0 Å². The van der Waals surface area contributed by atoms with Gasteiger partial charge in [0, 0.05) is 37.3 Å². The summed E-state index contributed by atoms with van der Waals surface area (Å²) >= 11 is 0. The second-order valence-corrected chi connectivity index (χ2v) is 8.45. The third-order valence-electron chi connectivity index (χ3n) is 6.26. The molecule has 2 aromatic heterocycles. The zero-order chi connectivity index (χ0) is 24.3. The molecule has 0 saturated carbocycles. The predicted octanol–water partition coefficient (Wildman–Crippen LogP) is 3.95. The largest absolute Gasteiger partial charge is 0.436 e. The minimum atomic E-state index is -0.0487. The van der Waals surface area contributed by atoms with Gasteiger partial charge in [0.1, 0.15) is 0 Å². The van der Waals surface area contributed by atoms with Gasteiger partial charge in [-0.1, -0.05) is 65.8 Å². The van der Waals surface area contributed by atoms with Gasteiger partial charge < -0.3 is 14.2 Å². The number of amides is 1. The molecule has 36 heavy (non-hydrogen) atoms. The molecule has 1 saturated heterocycles. The van der Waals surface area contributed by atoms with E-state index in [0.717, 1.165) is 11.3 Å². The van der Waals surface area contributed by atoms with Crippen LogP contribution in [0.2, 0.25) is 0 Å². The van der Waals surface area contributed by atoms with Crippen LogP contribution in [0.4, 0.5) is 5.95 Å². The Kier molecular flexibility index (Phi) is 5.71. The summed E-state index contributed by atoms with van der Waals surface area (Å²) in [5, 5.41) is 12.2. The van der Waals surface area contributed by atoms with E-state index in [9.17, 15) is 4.79 Å². The number of piperazine rings is 1. The highest BCUT2D eigenvalue weighted by Gasteiger charge is 2.27. The normalized spacial score (nSPS) is 13.7. The first kappa shape index (κ1) is 21.7. The van der Waals surface area contributed by atoms with Gasteiger partial charge in [-0.05, 0) is 34.7 Å². The molecule has 5 aromatic rings. The molecule has 1 aliphatic rings. The van der Waals surface area contributed by atoms with Crippen LogP contribution < -0.4 is 4.90 Å². The fourth-order valence-corrected chi connectivity index (χ4v) is 4.39. The Morgan fingerprint density at radius 2 is 1.50 bits per heavy atom. The Morgan fingerprint density at radius 3 is 2.28 bits per heavy atom. The van der Waals surface area contributed by atoms with Crippen LogP contribution in [0.3, 0.4) is 0 Å². The van der Waals surface area contributed by atoms with Crippen molar-refractivity contribution in [2.45, 2.75) is 0 Å². The Morgan fingerprint density at radius 1 is 0.806 bits per heavy atom. The van der Waals surface area contributed by atoms with Crippen molar-refractivity contribution in [1.29, 1.82) is 0 Å². The lowest BCUT2D eigenvalue weighted by atomic mass is 10.1. The highest BCUT2D eigenvalue weighted by atomic mass is 16.4. The highest BCUT2D eigenvalue weighted by Crippen LogP contribution is 2.29. The predicted molar refractivity (Wildman–Crippen MR) is 135 cm³/mol. The first-order valence-corrected chi connectivity index (χ1v) is 11.8. The lowest BCUT2D eigenvalue weighted by Gasteiger charge is -2.35. The van der Waals surface area contributed by atoms with Crippen LogP contribution >= 0.6 is 0 Å². The quantitative estimate of drug-likeness (QED) is 0.378. The molecular weight excluding hydrogens is 454 g/mol. The topological polar surface area (TPSA) is 93.2 Å². The number of carbonyl (C=O) groups is 1. The molecule has 1 aliphatic heterocycles. The van der Waals surface area contributed by atoms with Crippen molar-refractivity contribution in [3.63, 3.8) is 0 Å². The third-order valence-corrected chi connectivity index (χ3v) is 6.26. The average Bonchev–Trinajstić information content (AvgIpc) is 3.65. The van der Waals surface area contributed by atoms with Gasteiger partial charge in [0.15, 0.2) is 5.76 Å². The van der Waals surface area contributed by atoms with E-state index in [-0.39, 0.29) is 5.91 Å². The standard InChI is InChI=1S/C27H23N7O2/c35-26(23-14-8-7-13-22(23)25-28-19-24(36-25)20-9-3-1-4-10-20)32-15-17-33(18-16-32)27-29-30-31-34(27)21-11-5-2-6-12-21/h1-14,19H,15-18H2.